The average Bonchev–Trinajstić information content (AvgIpc) is 3.20. The first-order valence-corrected chi connectivity index (χ1v) is 15.9. The number of hydrazine groups is 1. The van der Waals surface area contributed by atoms with Gasteiger partial charge in [-0.2, -0.15) is 0 Å². The first-order chi connectivity index (χ1) is 22.0. The van der Waals surface area contributed by atoms with Gasteiger partial charge >= 0.3 is 29.6 Å². The van der Waals surface area contributed by atoms with Crippen molar-refractivity contribution in [3.8, 4) is 0 Å². The number of hydrogen-bond acceptors (Lipinski definition) is 7. The predicted octanol–water partition coefficient (Wildman–Crippen LogP) is 3.78. The number of hydrogen-bond donors (Lipinski definition) is 4. The number of Topliss-reactive ketones (excluding diaryl/α,β-unsaturated/α-hetero) is 1. The Hall–Kier alpha value is -3.29. The van der Waals surface area contributed by atoms with Crippen molar-refractivity contribution in [2.24, 2.45) is 5.84 Å². The van der Waals surface area contributed by atoms with Gasteiger partial charge in [0.15, 0.2) is 5.78 Å². The van der Waals surface area contributed by atoms with Gasteiger partial charge < -0.3 is 26.0 Å². The summed E-state index contributed by atoms with van der Waals surface area (Å²) in [7, 11) is 0. The molecule has 9 nitrogen and oxygen atoms in total. The second-order valence-electron chi connectivity index (χ2n) is 10.4. The SMILES string of the molecule is CC(=O)[O-].Cl.NNc1ccc(Br)cc1.O=C1CC2=C(Cc3ccc(Br)cc32)c2ccccc2N1.O=C1CCC(=O)c2ccccc2N1.[Na+]. The molecule has 2 heterocycles. The summed E-state index contributed by atoms with van der Waals surface area (Å²) < 4.78 is 2.12. The molecule has 0 saturated carbocycles. The number of carbonyl (C=O) groups is 4. The summed E-state index contributed by atoms with van der Waals surface area (Å²) in [6, 6.07) is 29.1. The van der Waals surface area contributed by atoms with Crippen molar-refractivity contribution >= 4 is 96.0 Å². The number of halogens is 3. The van der Waals surface area contributed by atoms with Crippen LogP contribution in [0.4, 0.5) is 17.1 Å². The van der Waals surface area contributed by atoms with Crippen LogP contribution in [0.5, 0.6) is 0 Å². The van der Waals surface area contributed by atoms with Gasteiger partial charge in [0.2, 0.25) is 11.8 Å². The molecular weight excluding hydrogens is 775 g/mol. The Balaban J connectivity index is 0.000000248. The zero-order valence-electron chi connectivity index (χ0n) is 26.3. The van der Waals surface area contributed by atoms with Gasteiger partial charge in [0.1, 0.15) is 0 Å². The molecular formula is C35H32Br2ClN4NaO5. The maximum Gasteiger partial charge on any atom is 1.00 e. The number of carbonyl (C=O) groups excluding carboxylic acids is 4. The number of anilines is 3. The quantitative estimate of drug-likeness (QED) is 0.130. The Bertz CT molecular complexity index is 1820. The molecule has 0 unspecified atom stereocenters. The number of nitrogen functional groups attached to an aromatic ring is 1. The molecule has 0 aromatic heterocycles. The number of ketones is 1. The van der Waals surface area contributed by atoms with E-state index in [0.717, 1.165) is 39.2 Å². The summed E-state index contributed by atoms with van der Waals surface area (Å²) in [6.45, 7) is 0.972. The van der Waals surface area contributed by atoms with Crippen LogP contribution in [0.3, 0.4) is 0 Å². The fourth-order valence-corrected chi connectivity index (χ4v) is 5.69. The van der Waals surface area contributed by atoms with Gasteiger partial charge in [-0.3, -0.25) is 20.2 Å². The third kappa shape index (κ3) is 11.4. The van der Waals surface area contributed by atoms with Crippen LogP contribution in [0.1, 0.15) is 53.2 Å². The Kier molecular flexibility index (Phi) is 16.7. The number of fused-ring (bicyclic) bond motifs is 5. The Morgan fingerprint density at radius 2 is 1.25 bits per heavy atom. The van der Waals surface area contributed by atoms with Gasteiger partial charge in [-0.25, -0.2) is 0 Å². The Morgan fingerprint density at radius 3 is 1.88 bits per heavy atom. The standard InChI is InChI=1S/C17H12BrNO.C10H9NO2.C6H7BrN2.C2H4O2.ClH.Na/c18-11-6-5-10-7-14-12-3-1-2-4-16(12)19-17(20)9-15(14)13(10)8-11;12-9-5-6-10(13)11-8-4-2-1-3-7(8)9;7-5-1-3-6(9-8)4-2-5;1-2(3)4;;/h1-6,8H,7,9H2,(H,19,20);1-4H,5-6H2,(H,11,13);1-4,9H,8H2;1H3,(H,3,4);1H;/q;;;;;+1/p-1. The number of nitrogens with two attached hydrogens (primary N) is 1. The van der Waals surface area contributed by atoms with E-state index >= 15 is 0 Å². The van der Waals surface area contributed by atoms with Crippen LogP contribution >= 0.6 is 44.3 Å². The van der Waals surface area contributed by atoms with Crippen molar-refractivity contribution in [2.45, 2.75) is 32.6 Å². The van der Waals surface area contributed by atoms with Crippen molar-refractivity contribution < 1.29 is 53.8 Å². The monoisotopic (exact) mass is 804 g/mol. The van der Waals surface area contributed by atoms with E-state index in [0.29, 0.717) is 24.1 Å². The number of rotatable bonds is 1. The molecule has 4 aromatic rings. The minimum atomic E-state index is -1.08. The summed E-state index contributed by atoms with van der Waals surface area (Å²) >= 11 is 6.83. The molecule has 4 aromatic carbocycles. The maximum absolute atomic E-state index is 12.1. The van der Waals surface area contributed by atoms with Gasteiger partial charge in [0.05, 0.1) is 12.1 Å². The molecule has 3 aliphatic rings. The zero-order chi connectivity index (χ0) is 33.2. The summed E-state index contributed by atoms with van der Waals surface area (Å²) in [5, 5.41) is 14.6. The van der Waals surface area contributed by atoms with Gasteiger partial charge in [-0.15, -0.1) is 12.4 Å². The number of benzene rings is 4. The van der Waals surface area contributed by atoms with E-state index in [1.165, 1.54) is 22.3 Å². The molecule has 2 amide bonds. The van der Waals surface area contributed by atoms with Crippen LogP contribution in [-0.4, -0.2) is 23.6 Å². The number of aliphatic carboxylic acids is 1. The molecule has 0 spiro atoms. The van der Waals surface area contributed by atoms with E-state index in [9.17, 15) is 14.4 Å². The molecule has 0 atom stereocenters. The third-order valence-electron chi connectivity index (χ3n) is 7.08. The van der Waals surface area contributed by atoms with Crippen molar-refractivity contribution in [2.75, 3.05) is 16.1 Å². The molecule has 5 N–H and O–H groups in total. The Labute approximate surface area is 324 Å². The van der Waals surface area contributed by atoms with Gasteiger partial charge in [-0.1, -0.05) is 68.3 Å². The van der Waals surface area contributed by atoms with Crippen LogP contribution in [0.25, 0.3) is 11.1 Å². The second kappa shape index (κ2) is 19.6. The second-order valence-corrected chi connectivity index (χ2v) is 12.2. The summed E-state index contributed by atoms with van der Waals surface area (Å²) in [6.07, 6.45) is 1.95. The molecule has 7 rings (SSSR count). The van der Waals surface area contributed by atoms with Gasteiger partial charge in [-0.05, 0) is 90.2 Å². The van der Waals surface area contributed by atoms with Crippen molar-refractivity contribution in [3.05, 3.63) is 122 Å². The molecule has 0 bridgehead atoms. The summed E-state index contributed by atoms with van der Waals surface area (Å²) in [5.41, 5.74) is 11.8. The molecule has 0 fully saturated rings. The predicted molar refractivity (Wildman–Crippen MR) is 193 cm³/mol. The van der Waals surface area contributed by atoms with Crippen LogP contribution in [0.15, 0.2) is 99.9 Å². The largest absolute Gasteiger partial charge is 1.00 e. The van der Waals surface area contributed by atoms with Crippen LogP contribution in [-0.2, 0) is 20.8 Å². The molecule has 13 heteroatoms. The average molecular weight is 807 g/mol. The van der Waals surface area contributed by atoms with E-state index in [2.05, 4.69) is 72.2 Å². The van der Waals surface area contributed by atoms with Gasteiger partial charge in [0, 0.05) is 50.3 Å². The van der Waals surface area contributed by atoms with Gasteiger partial charge in [0.25, 0.3) is 0 Å². The smallest absolute Gasteiger partial charge is 0.550 e. The molecule has 0 radical (unpaired) electrons. The first-order valence-electron chi connectivity index (χ1n) is 14.3. The van der Waals surface area contributed by atoms with Crippen molar-refractivity contribution in [1.82, 2.24) is 0 Å². The van der Waals surface area contributed by atoms with E-state index in [4.69, 9.17) is 15.7 Å². The van der Waals surface area contributed by atoms with E-state index in [1.54, 1.807) is 24.3 Å². The summed E-state index contributed by atoms with van der Waals surface area (Å²) in [5.74, 6) is 4.07. The van der Waals surface area contributed by atoms with E-state index in [-0.39, 0.29) is 66.0 Å². The van der Waals surface area contributed by atoms with E-state index < -0.39 is 5.97 Å². The fraction of sp³-hybridized carbons (Fsp3) is 0.143. The van der Waals surface area contributed by atoms with Crippen LogP contribution < -0.4 is 56.6 Å². The minimum absolute atomic E-state index is 0. The number of carboxylic acids is 1. The van der Waals surface area contributed by atoms with Crippen LogP contribution in [0.2, 0.25) is 0 Å². The zero-order valence-corrected chi connectivity index (χ0v) is 32.3. The maximum atomic E-state index is 12.1. The van der Waals surface area contributed by atoms with Crippen molar-refractivity contribution in [3.63, 3.8) is 0 Å². The molecule has 2 aliphatic heterocycles. The molecule has 48 heavy (non-hydrogen) atoms. The number of para-hydroxylation sites is 2. The number of carboxylic acid groups (broad SMARTS) is 1. The van der Waals surface area contributed by atoms with Crippen molar-refractivity contribution in [1.29, 1.82) is 0 Å². The molecule has 0 saturated heterocycles. The first kappa shape index (κ1) is 40.9. The third-order valence-corrected chi connectivity index (χ3v) is 8.11. The normalized spacial score (nSPS) is 13.3. The molecule has 244 valence electrons. The number of amides is 2. The fourth-order valence-electron chi connectivity index (χ4n) is 5.07. The molecule has 1 aliphatic carbocycles. The summed E-state index contributed by atoms with van der Waals surface area (Å²) in [4.78, 5) is 43.6. The van der Waals surface area contributed by atoms with Crippen LogP contribution in [0, 0.1) is 0 Å². The minimum Gasteiger partial charge on any atom is -0.550 e. The number of allylic oxidation sites excluding steroid dienone is 1. The topological polar surface area (TPSA) is 153 Å². The Morgan fingerprint density at radius 1 is 0.729 bits per heavy atom. The number of nitrogens with one attached hydrogen (secondary N) is 3. The van der Waals surface area contributed by atoms with E-state index in [1.807, 2.05) is 42.5 Å².